The number of nitrogens with zero attached hydrogens (tertiary/aromatic N) is 3. The van der Waals surface area contributed by atoms with E-state index >= 15 is 0 Å². The highest BCUT2D eigenvalue weighted by Crippen LogP contribution is 2.27. The number of thiazole rings is 1. The van der Waals surface area contributed by atoms with Crippen LogP contribution in [0.2, 0.25) is 0 Å². The standard InChI is InChI=1S/C19H21N3O2S/c1-13-3-4-16-15(12-24-18(16)14(13)2)11-17(23)21-6-8-22(9-7-21)19-20-5-10-25-19/h3-5,10,12H,6-9,11H2,1-2H3. The van der Waals surface area contributed by atoms with Crippen molar-refractivity contribution >= 4 is 33.3 Å². The summed E-state index contributed by atoms with van der Waals surface area (Å²) in [5.74, 6) is 0.166. The van der Waals surface area contributed by atoms with E-state index < -0.39 is 0 Å². The minimum absolute atomic E-state index is 0.166. The minimum Gasteiger partial charge on any atom is -0.464 e. The van der Waals surface area contributed by atoms with Gasteiger partial charge in [0.2, 0.25) is 5.91 Å². The molecule has 25 heavy (non-hydrogen) atoms. The van der Waals surface area contributed by atoms with Gasteiger partial charge in [0.15, 0.2) is 5.13 Å². The van der Waals surface area contributed by atoms with Crippen molar-refractivity contribution < 1.29 is 9.21 Å². The van der Waals surface area contributed by atoms with Gasteiger partial charge in [-0.05, 0) is 25.0 Å². The molecule has 3 aromatic rings. The summed E-state index contributed by atoms with van der Waals surface area (Å²) in [7, 11) is 0. The van der Waals surface area contributed by atoms with Crippen molar-refractivity contribution in [2.24, 2.45) is 0 Å². The van der Waals surface area contributed by atoms with Crippen LogP contribution in [-0.2, 0) is 11.2 Å². The highest BCUT2D eigenvalue weighted by atomic mass is 32.1. The number of hydrogen-bond acceptors (Lipinski definition) is 5. The lowest BCUT2D eigenvalue weighted by Gasteiger charge is -2.34. The summed E-state index contributed by atoms with van der Waals surface area (Å²) in [6.45, 7) is 7.29. The molecule has 1 saturated heterocycles. The van der Waals surface area contributed by atoms with Crippen molar-refractivity contribution in [3.05, 3.63) is 46.7 Å². The molecule has 0 spiro atoms. The van der Waals surface area contributed by atoms with Crippen molar-refractivity contribution in [1.82, 2.24) is 9.88 Å². The molecule has 0 atom stereocenters. The van der Waals surface area contributed by atoms with Gasteiger partial charge in [0.25, 0.3) is 0 Å². The second-order valence-corrected chi connectivity index (χ2v) is 7.38. The Kier molecular flexibility index (Phi) is 4.21. The van der Waals surface area contributed by atoms with E-state index in [-0.39, 0.29) is 5.91 Å². The van der Waals surface area contributed by atoms with Gasteiger partial charge in [0, 0.05) is 48.7 Å². The van der Waals surface area contributed by atoms with Crippen molar-refractivity contribution in [2.45, 2.75) is 20.3 Å². The van der Waals surface area contributed by atoms with Crippen LogP contribution >= 0.6 is 11.3 Å². The predicted molar refractivity (Wildman–Crippen MR) is 100 cm³/mol. The van der Waals surface area contributed by atoms with Crippen LogP contribution in [0.25, 0.3) is 11.0 Å². The number of carbonyl (C=O) groups excluding carboxylic acids is 1. The van der Waals surface area contributed by atoms with E-state index in [1.165, 1.54) is 5.56 Å². The molecule has 0 unspecified atom stereocenters. The van der Waals surface area contributed by atoms with Gasteiger partial charge in [-0.15, -0.1) is 11.3 Å². The Morgan fingerprint density at radius 1 is 1.24 bits per heavy atom. The van der Waals surface area contributed by atoms with E-state index in [1.807, 2.05) is 16.5 Å². The fraction of sp³-hybridized carbons (Fsp3) is 0.368. The van der Waals surface area contributed by atoms with Crippen LogP contribution in [0.1, 0.15) is 16.7 Å². The van der Waals surface area contributed by atoms with Crippen molar-refractivity contribution in [3.8, 4) is 0 Å². The zero-order chi connectivity index (χ0) is 17.4. The monoisotopic (exact) mass is 355 g/mol. The third-order valence-electron chi connectivity index (χ3n) is 5.01. The second kappa shape index (κ2) is 6.52. The maximum atomic E-state index is 12.7. The van der Waals surface area contributed by atoms with Gasteiger partial charge in [0.1, 0.15) is 5.58 Å². The molecule has 1 amide bonds. The van der Waals surface area contributed by atoms with Crippen LogP contribution in [0.15, 0.2) is 34.4 Å². The lowest BCUT2D eigenvalue weighted by atomic mass is 10.0. The molecule has 4 rings (SSSR count). The van der Waals surface area contributed by atoms with Crippen molar-refractivity contribution in [3.63, 3.8) is 0 Å². The molecular weight excluding hydrogens is 334 g/mol. The molecule has 3 heterocycles. The number of rotatable bonds is 3. The fourth-order valence-corrected chi connectivity index (χ4v) is 4.02. The van der Waals surface area contributed by atoms with E-state index in [9.17, 15) is 4.79 Å². The third kappa shape index (κ3) is 3.02. The van der Waals surface area contributed by atoms with Gasteiger partial charge in [0.05, 0.1) is 12.7 Å². The van der Waals surface area contributed by atoms with E-state index in [2.05, 4.69) is 35.9 Å². The SMILES string of the molecule is Cc1ccc2c(CC(=O)N3CCN(c4nccs4)CC3)coc2c1C. The molecule has 0 aliphatic carbocycles. The van der Waals surface area contributed by atoms with Gasteiger partial charge in [-0.1, -0.05) is 12.1 Å². The summed E-state index contributed by atoms with van der Waals surface area (Å²) in [4.78, 5) is 21.2. The molecule has 1 aliphatic rings. The van der Waals surface area contributed by atoms with Gasteiger partial charge in [-0.2, -0.15) is 0 Å². The summed E-state index contributed by atoms with van der Waals surface area (Å²) in [5, 5.41) is 4.08. The van der Waals surface area contributed by atoms with Crippen molar-refractivity contribution in [1.29, 1.82) is 0 Å². The van der Waals surface area contributed by atoms with Gasteiger partial charge in [-0.25, -0.2) is 4.98 Å². The molecule has 0 radical (unpaired) electrons. The zero-order valence-electron chi connectivity index (χ0n) is 14.5. The maximum absolute atomic E-state index is 12.7. The lowest BCUT2D eigenvalue weighted by Crippen LogP contribution is -2.49. The molecule has 1 aromatic carbocycles. The zero-order valence-corrected chi connectivity index (χ0v) is 15.3. The summed E-state index contributed by atoms with van der Waals surface area (Å²) in [5.41, 5.74) is 4.23. The van der Waals surface area contributed by atoms with Crippen molar-refractivity contribution in [2.75, 3.05) is 31.1 Å². The molecule has 6 heteroatoms. The molecule has 0 bridgehead atoms. The van der Waals surface area contributed by atoms with Gasteiger partial charge < -0.3 is 14.2 Å². The highest BCUT2D eigenvalue weighted by molar-refractivity contribution is 7.13. The number of piperazine rings is 1. The quantitative estimate of drug-likeness (QED) is 0.722. The first-order chi connectivity index (χ1) is 12.1. The minimum atomic E-state index is 0.166. The van der Waals surface area contributed by atoms with E-state index in [4.69, 9.17) is 4.42 Å². The molecular formula is C19H21N3O2S. The largest absolute Gasteiger partial charge is 0.464 e. The maximum Gasteiger partial charge on any atom is 0.227 e. The Hall–Kier alpha value is -2.34. The Labute approximate surface area is 150 Å². The summed E-state index contributed by atoms with van der Waals surface area (Å²) in [6.07, 6.45) is 3.96. The van der Waals surface area contributed by atoms with Gasteiger partial charge in [-0.3, -0.25) is 4.79 Å². The Morgan fingerprint density at radius 2 is 2.04 bits per heavy atom. The fourth-order valence-electron chi connectivity index (χ4n) is 3.32. The first-order valence-electron chi connectivity index (χ1n) is 8.52. The third-order valence-corrected chi connectivity index (χ3v) is 5.84. The average Bonchev–Trinajstić information content (AvgIpc) is 3.29. The average molecular weight is 355 g/mol. The van der Waals surface area contributed by atoms with Crippen LogP contribution < -0.4 is 4.90 Å². The van der Waals surface area contributed by atoms with E-state index in [0.29, 0.717) is 6.42 Å². The number of anilines is 1. The predicted octanol–water partition coefficient (Wildman–Crippen LogP) is 3.40. The van der Waals surface area contributed by atoms with Crippen LogP contribution in [0.5, 0.6) is 0 Å². The first kappa shape index (κ1) is 16.1. The Bertz CT molecular complexity index is 893. The topological polar surface area (TPSA) is 49.6 Å². The Morgan fingerprint density at radius 3 is 2.76 bits per heavy atom. The molecule has 1 aliphatic heterocycles. The second-order valence-electron chi connectivity index (χ2n) is 6.50. The van der Waals surface area contributed by atoms with Crippen LogP contribution in [0.4, 0.5) is 5.13 Å². The van der Waals surface area contributed by atoms with E-state index in [0.717, 1.165) is 53.4 Å². The number of aryl methyl sites for hydroxylation is 2. The lowest BCUT2D eigenvalue weighted by molar-refractivity contribution is -0.130. The summed E-state index contributed by atoms with van der Waals surface area (Å²) in [6, 6.07) is 4.15. The number of furan rings is 1. The summed E-state index contributed by atoms with van der Waals surface area (Å²) < 4.78 is 5.73. The molecule has 1 fully saturated rings. The smallest absolute Gasteiger partial charge is 0.227 e. The number of aromatic nitrogens is 1. The molecule has 0 saturated carbocycles. The molecule has 130 valence electrons. The number of amides is 1. The number of benzene rings is 1. The number of carbonyl (C=O) groups is 1. The molecule has 5 nitrogen and oxygen atoms in total. The molecule has 0 N–H and O–H groups in total. The van der Waals surface area contributed by atoms with Gasteiger partial charge >= 0.3 is 0 Å². The van der Waals surface area contributed by atoms with Crippen LogP contribution in [0, 0.1) is 13.8 Å². The number of hydrogen-bond donors (Lipinski definition) is 0. The van der Waals surface area contributed by atoms with E-state index in [1.54, 1.807) is 17.6 Å². The van der Waals surface area contributed by atoms with Crippen LogP contribution in [-0.4, -0.2) is 42.0 Å². The summed E-state index contributed by atoms with van der Waals surface area (Å²) >= 11 is 1.65. The highest BCUT2D eigenvalue weighted by Gasteiger charge is 2.23. The molecule has 2 aromatic heterocycles. The normalized spacial score (nSPS) is 15.1. The Balaban J connectivity index is 1.44. The van der Waals surface area contributed by atoms with Crippen LogP contribution in [0.3, 0.4) is 0 Å². The number of fused-ring (bicyclic) bond motifs is 1. The first-order valence-corrected chi connectivity index (χ1v) is 9.40.